The quantitative estimate of drug-likeness (QED) is 0.726. The Kier molecular flexibility index (Phi) is 3.68. The molecule has 0 aromatic heterocycles. The van der Waals surface area contributed by atoms with Gasteiger partial charge in [0, 0.05) is 13.1 Å². The molecule has 2 nitrogen and oxygen atoms in total. The second kappa shape index (κ2) is 4.38. The maximum Gasteiger partial charge on any atom is 0.146 e. The zero-order chi connectivity index (χ0) is 9.90. The summed E-state index contributed by atoms with van der Waals surface area (Å²) < 4.78 is 13.7. The molecule has 1 aliphatic heterocycles. The molecule has 0 aromatic carbocycles. The van der Waals surface area contributed by atoms with Crippen molar-refractivity contribution in [1.82, 2.24) is 4.90 Å². The van der Waals surface area contributed by atoms with E-state index >= 15 is 0 Å². The summed E-state index contributed by atoms with van der Waals surface area (Å²) in [5, 5.41) is 8.90. The molecule has 78 valence electrons. The van der Waals surface area contributed by atoms with Crippen molar-refractivity contribution in [2.45, 2.75) is 32.4 Å². The first-order valence-corrected chi connectivity index (χ1v) is 5.08. The van der Waals surface area contributed by atoms with E-state index < -0.39 is 5.67 Å². The second-order valence-corrected chi connectivity index (χ2v) is 4.54. The number of hydrogen-bond acceptors (Lipinski definition) is 2. The summed E-state index contributed by atoms with van der Waals surface area (Å²) >= 11 is 0. The highest BCUT2D eigenvalue weighted by Gasteiger charge is 2.34. The van der Waals surface area contributed by atoms with Crippen molar-refractivity contribution in [3.05, 3.63) is 0 Å². The first-order valence-electron chi connectivity index (χ1n) is 5.08. The molecule has 1 atom stereocenters. The zero-order valence-electron chi connectivity index (χ0n) is 8.59. The van der Waals surface area contributed by atoms with Gasteiger partial charge >= 0.3 is 0 Å². The molecule has 3 heteroatoms. The van der Waals surface area contributed by atoms with Gasteiger partial charge in [-0.2, -0.15) is 0 Å². The number of halogens is 1. The number of alkyl halides is 1. The molecule has 0 aromatic rings. The smallest absolute Gasteiger partial charge is 0.146 e. The Hall–Kier alpha value is -0.150. The van der Waals surface area contributed by atoms with Crippen molar-refractivity contribution >= 4 is 0 Å². The lowest BCUT2D eigenvalue weighted by Crippen LogP contribution is -2.48. The Morgan fingerprint density at radius 3 is 2.77 bits per heavy atom. The lowest BCUT2D eigenvalue weighted by molar-refractivity contribution is -0.00439. The normalized spacial score (nSPS) is 31.2. The van der Waals surface area contributed by atoms with Gasteiger partial charge in [-0.3, -0.25) is 4.90 Å². The maximum atomic E-state index is 13.7. The zero-order valence-corrected chi connectivity index (χ0v) is 8.59. The summed E-state index contributed by atoms with van der Waals surface area (Å²) in [6, 6.07) is 0. The Labute approximate surface area is 79.7 Å². The molecule has 0 radical (unpaired) electrons. The van der Waals surface area contributed by atoms with Crippen molar-refractivity contribution in [3.8, 4) is 0 Å². The number of hydrogen-bond donors (Lipinski definition) is 1. The first kappa shape index (κ1) is 10.9. The average Bonchev–Trinajstić information content (AvgIpc) is 2.03. The van der Waals surface area contributed by atoms with Gasteiger partial charge in [-0.25, -0.2) is 4.39 Å². The molecule has 1 aliphatic rings. The number of aliphatic hydroxyl groups is 1. The topological polar surface area (TPSA) is 23.5 Å². The van der Waals surface area contributed by atoms with Crippen LogP contribution >= 0.6 is 0 Å². The SMILES string of the molecule is CC(C)CN1CCCC(F)(CO)C1. The lowest BCUT2D eigenvalue weighted by Gasteiger charge is -2.37. The van der Waals surface area contributed by atoms with Gasteiger partial charge in [0.2, 0.25) is 0 Å². The van der Waals surface area contributed by atoms with E-state index in [0.29, 0.717) is 18.9 Å². The van der Waals surface area contributed by atoms with Crippen molar-refractivity contribution in [2.75, 3.05) is 26.2 Å². The Morgan fingerprint density at radius 1 is 1.54 bits per heavy atom. The van der Waals surface area contributed by atoms with Crippen molar-refractivity contribution < 1.29 is 9.50 Å². The van der Waals surface area contributed by atoms with Gasteiger partial charge in [0.05, 0.1) is 6.61 Å². The van der Waals surface area contributed by atoms with E-state index in [9.17, 15) is 4.39 Å². The molecule has 1 fully saturated rings. The highest BCUT2D eigenvalue weighted by molar-refractivity contribution is 4.87. The Balaban J connectivity index is 2.42. The molecule has 0 aliphatic carbocycles. The standard InChI is InChI=1S/C10H20FNO/c1-9(2)6-12-5-3-4-10(11,7-12)8-13/h9,13H,3-8H2,1-2H3. The van der Waals surface area contributed by atoms with Gasteiger partial charge in [-0.1, -0.05) is 13.8 Å². The largest absolute Gasteiger partial charge is 0.393 e. The van der Waals surface area contributed by atoms with Crippen LogP contribution in [0.1, 0.15) is 26.7 Å². The first-order chi connectivity index (χ1) is 6.06. The number of aliphatic hydroxyl groups excluding tert-OH is 1. The van der Waals surface area contributed by atoms with Gasteiger partial charge in [-0.05, 0) is 25.3 Å². The predicted molar refractivity (Wildman–Crippen MR) is 51.4 cm³/mol. The molecule has 1 rings (SSSR count). The van der Waals surface area contributed by atoms with E-state index in [2.05, 4.69) is 18.7 Å². The number of rotatable bonds is 3. The molecule has 1 N–H and O–H groups in total. The van der Waals surface area contributed by atoms with Crippen molar-refractivity contribution in [1.29, 1.82) is 0 Å². The van der Waals surface area contributed by atoms with Crippen molar-refractivity contribution in [3.63, 3.8) is 0 Å². The van der Waals surface area contributed by atoms with Crippen LogP contribution < -0.4 is 0 Å². The van der Waals surface area contributed by atoms with E-state index in [4.69, 9.17) is 5.11 Å². The molecule has 1 saturated heterocycles. The van der Waals surface area contributed by atoms with E-state index in [-0.39, 0.29) is 6.61 Å². The minimum atomic E-state index is -1.34. The van der Waals surface area contributed by atoms with E-state index in [0.717, 1.165) is 19.5 Å². The number of piperidine rings is 1. The summed E-state index contributed by atoms with van der Waals surface area (Å²) in [7, 11) is 0. The van der Waals surface area contributed by atoms with Gasteiger partial charge in [0.25, 0.3) is 0 Å². The van der Waals surface area contributed by atoms with E-state index in [1.807, 2.05) is 0 Å². The Bertz CT molecular complexity index is 163. The third kappa shape index (κ3) is 3.24. The fourth-order valence-corrected chi connectivity index (χ4v) is 1.98. The average molecular weight is 189 g/mol. The fraction of sp³-hybridized carbons (Fsp3) is 1.00. The third-order valence-electron chi connectivity index (χ3n) is 2.51. The highest BCUT2D eigenvalue weighted by atomic mass is 19.1. The molecule has 0 amide bonds. The second-order valence-electron chi connectivity index (χ2n) is 4.54. The van der Waals surface area contributed by atoms with Gasteiger partial charge < -0.3 is 5.11 Å². The van der Waals surface area contributed by atoms with Crippen LogP contribution in [-0.2, 0) is 0 Å². The molecule has 1 unspecified atom stereocenters. The van der Waals surface area contributed by atoms with E-state index in [1.54, 1.807) is 0 Å². The third-order valence-corrected chi connectivity index (χ3v) is 2.51. The van der Waals surface area contributed by atoms with Crippen LogP contribution in [0.2, 0.25) is 0 Å². The number of likely N-dealkylation sites (tertiary alicyclic amines) is 1. The molecule has 0 spiro atoms. The molecule has 0 bridgehead atoms. The van der Waals surface area contributed by atoms with Crippen LogP contribution in [0.25, 0.3) is 0 Å². The van der Waals surface area contributed by atoms with Crippen LogP contribution in [0.5, 0.6) is 0 Å². The van der Waals surface area contributed by atoms with Crippen LogP contribution in [0.4, 0.5) is 4.39 Å². The summed E-state index contributed by atoms with van der Waals surface area (Å²) in [4.78, 5) is 2.12. The predicted octanol–water partition coefficient (Wildman–Crippen LogP) is 1.44. The maximum absolute atomic E-state index is 13.7. The monoisotopic (exact) mass is 189 g/mol. The summed E-state index contributed by atoms with van der Waals surface area (Å²) in [6.07, 6.45) is 1.38. The molecule has 13 heavy (non-hydrogen) atoms. The van der Waals surface area contributed by atoms with Crippen LogP contribution in [0.3, 0.4) is 0 Å². The fourth-order valence-electron chi connectivity index (χ4n) is 1.98. The number of nitrogens with zero attached hydrogens (tertiary/aromatic N) is 1. The van der Waals surface area contributed by atoms with Crippen LogP contribution in [0, 0.1) is 5.92 Å². The molecular formula is C10H20FNO. The van der Waals surface area contributed by atoms with Gasteiger partial charge in [-0.15, -0.1) is 0 Å². The minimum absolute atomic E-state index is 0.332. The highest BCUT2D eigenvalue weighted by Crippen LogP contribution is 2.24. The Morgan fingerprint density at radius 2 is 2.23 bits per heavy atom. The lowest BCUT2D eigenvalue weighted by atomic mass is 9.95. The van der Waals surface area contributed by atoms with Gasteiger partial charge in [0.1, 0.15) is 5.67 Å². The van der Waals surface area contributed by atoms with Crippen molar-refractivity contribution in [2.24, 2.45) is 5.92 Å². The summed E-state index contributed by atoms with van der Waals surface area (Å²) in [5.41, 5.74) is -1.34. The van der Waals surface area contributed by atoms with Crippen LogP contribution in [-0.4, -0.2) is 41.9 Å². The molecule has 1 heterocycles. The molecule has 0 saturated carbocycles. The van der Waals surface area contributed by atoms with Crippen LogP contribution in [0.15, 0.2) is 0 Å². The molecular weight excluding hydrogens is 169 g/mol. The minimum Gasteiger partial charge on any atom is -0.393 e. The summed E-state index contributed by atoms with van der Waals surface area (Å²) in [5.74, 6) is 0.570. The summed E-state index contributed by atoms with van der Waals surface area (Å²) in [6.45, 7) is 6.25. The van der Waals surface area contributed by atoms with Gasteiger partial charge in [0.15, 0.2) is 0 Å². The van der Waals surface area contributed by atoms with E-state index in [1.165, 1.54) is 0 Å².